The molecule has 0 aromatic carbocycles. The Morgan fingerprint density at radius 1 is 1.32 bits per heavy atom. The zero-order valence-electron chi connectivity index (χ0n) is 11.2. The second-order valence-corrected chi connectivity index (χ2v) is 4.94. The van der Waals surface area contributed by atoms with E-state index in [1.807, 2.05) is 11.8 Å². The van der Waals surface area contributed by atoms with Crippen LogP contribution in [0.25, 0.3) is 0 Å². The third kappa shape index (κ3) is 2.26. The second-order valence-electron chi connectivity index (χ2n) is 4.94. The Morgan fingerprint density at radius 3 is 2.63 bits per heavy atom. The van der Waals surface area contributed by atoms with Gasteiger partial charge in [0.1, 0.15) is 0 Å². The van der Waals surface area contributed by atoms with Gasteiger partial charge in [-0.3, -0.25) is 4.79 Å². The molecule has 6 heteroatoms. The summed E-state index contributed by atoms with van der Waals surface area (Å²) >= 11 is 0. The molecular weight excluding hydrogens is 246 g/mol. The van der Waals surface area contributed by atoms with E-state index >= 15 is 0 Å². The quantitative estimate of drug-likeness (QED) is 0.784. The fraction of sp³-hybridized carbons (Fsp3) is 0.692. The summed E-state index contributed by atoms with van der Waals surface area (Å²) in [6, 6.07) is 0. The van der Waals surface area contributed by atoms with Gasteiger partial charge in [0.15, 0.2) is 11.6 Å². The lowest BCUT2D eigenvalue weighted by Crippen LogP contribution is -2.47. The molecule has 0 bridgehead atoms. The van der Waals surface area contributed by atoms with Crippen molar-refractivity contribution in [2.45, 2.75) is 32.1 Å². The van der Waals surface area contributed by atoms with Crippen LogP contribution in [-0.2, 0) is 16.0 Å². The molecule has 3 rings (SSSR count). The SMILES string of the molecule is CCn1ccnc(N2CCC3(CC2)OCCO3)c1=O. The summed E-state index contributed by atoms with van der Waals surface area (Å²) in [4.78, 5) is 18.5. The van der Waals surface area contributed by atoms with Crippen molar-refractivity contribution in [2.24, 2.45) is 0 Å². The molecule has 6 nitrogen and oxygen atoms in total. The lowest BCUT2D eigenvalue weighted by Gasteiger charge is -2.37. The van der Waals surface area contributed by atoms with Crippen molar-refractivity contribution >= 4 is 5.82 Å². The maximum atomic E-state index is 12.2. The Balaban J connectivity index is 1.76. The predicted molar refractivity (Wildman–Crippen MR) is 70.3 cm³/mol. The summed E-state index contributed by atoms with van der Waals surface area (Å²) in [5.74, 6) is 0.131. The summed E-state index contributed by atoms with van der Waals surface area (Å²) in [6.45, 7) is 5.46. The van der Waals surface area contributed by atoms with Gasteiger partial charge in [0.05, 0.1) is 13.2 Å². The van der Waals surface area contributed by atoms with Gasteiger partial charge in [-0.05, 0) is 6.92 Å². The minimum atomic E-state index is -0.408. The van der Waals surface area contributed by atoms with E-state index in [0.29, 0.717) is 25.6 Å². The van der Waals surface area contributed by atoms with Gasteiger partial charge >= 0.3 is 0 Å². The zero-order valence-corrected chi connectivity index (χ0v) is 11.2. The lowest BCUT2D eigenvalue weighted by atomic mass is 10.0. The second kappa shape index (κ2) is 4.94. The average Bonchev–Trinajstić information content (AvgIpc) is 2.89. The van der Waals surface area contributed by atoms with Gasteiger partial charge < -0.3 is 18.9 Å². The van der Waals surface area contributed by atoms with Crippen molar-refractivity contribution < 1.29 is 9.47 Å². The summed E-state index contributed by atoms with van der Waals surface area (Å²) in [5, 5.41) is 0. The summed E-state index contributed by atoms with van der Waals surface area (Å²) < 4.78 is 13.1. The van der Waals surface area contributed by atoms with Crippen molar-refractivity contribution in [1.29, 1.82) is 0 Å². The number of aryl methyl sites for hydroxylation is 1. The van der Waals surface area contributed by atoms with E-state index in [1.54, 1.807) is 17.0 Å². The predicted octanol–water partition coefficient (Wildman–Crippen LogP) is 0.607. The molecule has 0 aliphatic carbocycles. The summed E-state index contributed by atoms with van der Waals surface area (Å²) in [5.41, 5.74) is -0.0193. The first-order valence-corrected chi connectivity index (χ1v) is 6.82. The first kappa shape index (κ1) is 12.6. The largest absolute Gasteiger partial charge is 0.352 e. The fourth-order valence-electron chi connectivity index (χ4n) is 2.75. The molecule has 2 aliphatic heterocycles. The van der Waals surface area contributed by atoms with Crippen LogP contribution in [0.5, 0.6) is 0 Å². The van der Waals surface area contributed by atoms with Crippen LogP contribution in [0, 0.1) is 0 Å². The molecule has 1 aromatic heterocycles. The van der Waals surface area contributed by atoms with Gasteiger partial charge in [-0.2, -0.15) is 0 Å². The molecule has 19 heavy (non-hydrogen) atoms. The summed E-state index contributed by atoms with van der Waals surface area (Å²) in [7, 11) is 0. The van der Waals surface area contributed by atoms with E-state index in [2.05, 4.69) is 4.98 Å². The minimum Gasteiger partial charge on any atom is -0.352 e. The highest BCUT2D eigenvalue weighted by atomic mass is 16.7. The standard InChI is InChI=1S/C13H19N3O3/c1-2-15-8-5-14-11(12(15)17)16-6-3-13(4-7-16)18-9-10-19-13/h5,8H,2-4,6-7,9-10H2,1H3. The lowest BCUT2D eigenvalue weighted by molar-refractivity contribution is -0.169. The molecule has 0 N–H and O–H groups in total. The van der Waals surface area contributed by atoms with Gasteiger partial charge in [0, 0.05) is 44.9 Å². The number of anilines is 1. The molecule has 1 aromatic rings. The number of aromatic nitrogens is 2. The minimum absolute atomic E-state index is 0.0193. The van der Waals surface area contributed by atoms with Crippen molar-refractivity contribution in [3.05, 3.63) is 22.7 Å². The van der Waals surface area contributed by atoms with E-state index in [1.165, 1.54) is 0 Å². The molecule has 0 atom stereocenters. The molecule has 3 heterocycles. The van der Waals surface area contributed by atoms with Gasteiger partial charge in [-0.1, -0.05) is 0 Å². The Bertz CT molecular complexity index is 498. The normalized spacial score (nSPS) is 22.1. The van der Waals surface area contributed by atoms with Crippen LogP contribution < -0.4 is 10.5 Å². The fourth-order valence-corrected chi connectivity index (χ4v) is 2.75. The van der Waals surface area contributed by atoms with E-state index in [4.69, 9.17) is 9.47 Å². The van der Waals surface area contributed by atoms with E-state index in [-0.39, 0.29) is 5.56 Å². The maximum absolute atomic E-state index is 12.2. The molecule has 0 saturated carbocycles. The number of piperidine rings is 1. The molecular formula is C13H19N3O3. The Hall–Kier alpha value is -1.40. The first-order valence-electron chi connectivity index (χ1n) is 6.82. The molecule has 0 unspecified atom stereocenters. The highest BCUT2D eigenvalue weighted by Gasteiger charge is 2.40. The Labute approximate surface area is 112 Å². The maximum Gasteiger partial charge on any atom is 0.293 e. The van der Waals surface area contributed by atoms with E-state index < -0.39 is 5.79 Å². The van der Waals surface area contributed by atoms with Gasteiger partial charge in [-0.25, -0.2) is 4.98 Å². The molecule has 2 aliphatic rings. The van der Waals surface area contributed by atoms with Crippen LogP contribution >= 0.6 is 0 Å². The first-order chi connectivity index (χ1) is 9.24. The van der Waals surface area contributed by atoms with Gasteiger partial charge in [-0.15, -0.1) is 0 Å². The number of ether oxygens (including phenoxy) is 2. The molecule has 1 spiro atoms. The number of rotatable bonds is 2. The highest BCUT2D eigenvalue weighted by Crippen LogP contribution is 2.31. The van der Waals surface area contributed by atoms with Crippen LogP contribution in [0.4, 0.5) is 5.82 Å². The van der Waals surface area contributed by atoms with Gasteiger partial charge in [0.2, 0.25) is 0 Å². The molecule has 2 fully saturated rings. The monoisotopic (exact) mass is 265 g/mol. The third-order valence-corrected chi connectivity index (χ3v) is 3.87. The van der Waals surface area contributed by atoms with Crippen molar-refractivity contribution in [1.82, 2.24) is 9.55 Å². The average molecular weight is 265 g/mol. The van der Waals surface area contributed by atoms with Crippen molar-refractivity contribution in [3.63, 3.8) is 0 Å². The molecule has 0 amide bonds. The van der Waals surface area contributed by atoms with Crippen LogP contribution in [0.15, 0.2) is 17.2 Å². The van der Waals surface area contributed by atoms with Crippen LogP contribution in [-0.4, -0.2) is 41.6 Å². The van der Waals surface area contributed by atoms with Crippen molar-refractivity contribution in [2.75, 3.05) is 31.2 Å². The van der Waals surface area contributed by atoms with Crippen molar-refractivity contribution in [3.8, 4) is 0 Å². The number of hydrogen-bond acceptors (Lipinski definition) is 5. The van der Waals surface area contributed by atoms with Gasteiger partial charge in [0.25, 0.3) is 5.56 Å². The van der Waals surface area contributed by atoms with Crippen LogP contribution in [0.3, 0.4) is 0 Å². The summed E-state index contributed by atoms with van der Waals surface area (Å²) in [6.07, 6.45) is 4.98. The Morgan fingerprint density at radius 2 is 2.00 bits per heavy atom. The molecule has 0 radical (unpaired) electrons. The van der Waals surface area contributed by atoms with Crippen LogP contribution in [0.1, 0.15) is 19.8 Å². The van der Waals surface area contributed by atoms with E-state index in [0.717, 1.165) is 25.9 Å². The highest BCUT2D eigenvalue weighted by molar-refractivity contribution is 5.36. The zero-order chi connectivity index (χ0) is 13.3. The third-order valence-electron chi connectivity index (χ3n) is 3.87. The number of hydrogen-bond donors (Lipinski definition) is 0. The smallest absolute Gasteiger partial charge is 0.293 e. The van der Waals surface area contributed by atoms with E-state index in [9.17, 15) is 4.79 Å². The molecule has 104 valence electrons. The molecule has 2 saturated heterocycles. The topological polar surface area (TPSA) is 56.6 Å². The van der Waals surface area contributed by atoms with Crippen LogP contribution in [0.2, 0.25) is 0 Å². The number of nitrogens with zero attached hydrogens (tertiary/aromatic N) is 3. The Kier molecular flexibility index (Phi) is 3.28.